The maximum atomic E-state index is 13.6. The smallest absolute Gasteiger partial charge is 0.262 e. The van der Waals surface area contributed by atoms with Gasteiger partial charge in [0.1, 0.15) is 0 Å². The number of benzene rings is 1. The molecule has 150 valence electrons. The van der Waals surface area contributed by atoms with Crippen molar-refractivity contribution in [2.24, 2.45) is 0 Å². The number of nitrogens with one attached hydrogen (secondary N) is 2. The summed E-state index contributed by atoms with van der Waals surface area (Å²) in [5.41, 5.74) is 5.12. The molecule has 2 aliphatic heterocycles. The maximum absolute atomic E-state index is 13.6. The van der Waals surface area contributed by atoms with Gasteiger partial charge < -0.3 is 15.2 Å². The Morgan fingerprint density at radius 2 is 1.97 bits per heavy atom. The number of amides is 2. The van der Waals surface area contributed by atoms with E-state index in [1.54, 1.807) is 0 Å². The summed E-state index contributed by atoms with van der Waals surface area (Å²) in [7, 11) is 3.89. The summed E-state index contributed by atoms with van der Waals surface area (Å²) in [4.78, 5) is 34.1. The molecule has 0 fully saturated rings. The van der Waals surface area contributed by atoms with E-state index in [2.05, 4.69) is 22.5 Å². The predicted octanol–water partition coefficient (Wildman–Crippen LogP) is 1.29. The van der Waals surface area contributed by atoms with Gasteiger partial charge in [0.15, 0.2) is 0 Å². The molecular formula is C24H22N4O2. The molecule has 0 saturated carbocycles. The first-order valence-electron chi connectivity index (χ1n) is 10.3. The van der Waals surface area contributed by atoms with Gasteiger partial charge in [-0.05, 0) is 37.7 Å². The predicted molar refractivity (Wildman–Crippen MR) is 118 cm³/mol. The van der Waals surface area contributed by atoms with E-state index >= 15 is 0 Å². The Bertz CT molecular complexity index is 1370. The molecule has 2 aromatic rings. The van der Waals surface area contributed by atoms with Crippen LogP contribution in [0.15, 0.2) is 36.5 Å². The van der Waals surface area contributed by atoms with Crippen LogP contribution in [0.3, 0.4) is 0 Å². The second kappa shape index (κ2) is 6.06. The fraction of sp³-hybridized carbons (Fsp3) is 0.250. The van der Waals surface area contributed by atoms with Gasteiger partial charge in [-0.2, -0.15) is 0 Å². The molecule has 6 rings (SSSR count). The zero-order chi connectivity index (χ0) is 20.6. The fourth-order valence-electron chi connectivity index (χ4n) is 5.01. The molecule has 1 aromatic carbocycles. The topological polar surface area (TPSA) is 68.4 Å². The maximum Gasteiger partial charge on any atom is 0.262 e. The molecule has 1 atom stereocenters. The minimum Gasteiger partial charge on any atom is -0.372 e. The van der Waals surface area contributed by atoms with E-state index in [4.69, 9.17) is 0 Å². The van der Waals surface area contributed by atoms with Gasteiger partial charge in [0.05, 0.1) is 28.4 Å². The lowest BCUT2D eigenvalue weighted by molar-refractivity contribution is 0.0645. The second-order valence-electron chi connectivity index (χ2n) is 8.45. The molecule has 6 nitrogen and oxygen atoms in total. The van der Waals surface area contributed by atoms with Crippen LogP contribution in [-0.2, 0) is 6.42 Å². The number of carbonyl (C=O) groups excluding carboxylic acids is 2. The van der Waals surface area contributed by atoms with Gasteiger partial charge in [-0.15, -0.1) is 0 Å². The molecule has 0 bridgehead atoms. The average molecular weight is 398 g/mol. The highest BCUT2D eigenvalue weighted by Crippen LogP contribution is 2.37. The highest BCUT2D eigenvalue weighted by molar-refractivity contribution is 6.29. The van der Waals surface area contributed by atoms with Crippen LogP contribution in [0.25, 0.3) is 22.6 Å². The SMILES string of the molecule is CN(C)CCN1C(=O)c2c(c3c4c([nH]c3c3c2=C2C=CC=CC2N3)=CC=CC4)C1=O. The molecule has 0 radical (unpaired) electrons. The number of anilines is 1. The van der Waals surface area contributed by atoms with Crippen molar-refractivity contribution >= 4 is 40.1 Å². The van der Waals surface area contributed by atoms with Crippen LogP contribution >= 0.6 is 0 Å². The van der Waals surface area contributed by atoms with Gasteiger partial charge in [0.2, 0.25) is 0 Å². The quantitative estimate of drug-likeness (QED) is 0.765. The summed E-state index contributed by atoms with van der Waals surface area (Å²) < 4.78 is 0. The van der Waals surface area contributed by atoms with Crippen molar-refractivity contribution in [2.45, 2.75) is 12.5 Å². The summed E-state index contributed by atoms with van der Waals surface area (Å²) in [6.07, 6.45) is 15.0. The van der Waals surface area contributed by atoms with E-state index in [0.29, 0.717) is 24.2 Å². The summed E-state index contributed by atoms with van der Waals surface area (Å²) in [5, 5.41) is 6.37. The summed E-state index contributed by atoms with van der Waals surface area (Å²) >= 11 is 0. The Labute approximate surface area is 173 Å². The lowest BCUT2D eigenvalue weighted by Crippen LogP contribution is -2.36. The third kappa shape index (κ3) is 2.17. The van der Waals surface area contributed by atoms with Crippen molar-refractivity contribution in [3.63, 3.8) is 0 Å². The summed E-state index contributed by atoms with van der Waals surface area (Å²) in [6.45, 7) is 1.02. The number of rotatable bonds is 3. The minimum absolute atomic E-state index is 0.0147. The van der Waals surface area contributed by atoms with Gasteiger partial charge in [0, 0.05) is 29.0 Å². The average Bonchev–Trinajstić information content (AvgIpc) is 3.37. The Kier molecular flexibility index (Phi) is 3.53. The number of hydrogen-bond donors (Lipinski definition) is 2. The second-order valence-corrected chi connectivity index (χ2v) is 8.45. The molecule has 2 aliphatic carbocycles. The number of nitrogens with zero attached hydrogens (tertiary/aromatic N) is 2. The first-order chi connectivity index (χ1) is 14.6. The highest BCUT2D eigenvalue weighted by Gasteiger charge is 2.42. The molecule has 4 aliphatic rings. The van der Waals surface area contributed by atoms with E-state index in [1.165, 1.54) is 4.90 Å². The van der Waals surface area contributed by atoms with E-state index in [-0.39, 0.29) is 17.9 Å². The minimum atomic E-state index is -0.182. The number of aromatic nitrogens is 1. The number of H-pyrrole nitrogens is 1. The molecule has 6 heteroatoms. The van der Waals surface area contributed by atoms with Crippen LogP contribution in [0.2, 0.25) is 0 Å². The third-order valence-electron chi connectivity index (χ3n) is 6.41. The molecule has 0 saturated heterocycles. The Hall–Kier alpha value is -3.38. The van der Waals surface area contributed by atoms with Crippen molar-refractivity contribution in [3.8, 4) is 0 Å². The molecule has 2 N–H and O–H groups in total. The van der Waals surface area contributed by atoms with Crippen LogP contribution in [0, 0.1) is 0 Å². The zero-order valence-electron chi connectivity index (χ0n) is 17.0. The number of aromatic amines is 1. The first kappa shape index (κ1) is 17.5. The van der Waals surface area contributed by atoms with Gasteiger partial charge in [-0.1, -0.05) is 36.5 Å². The van der Waals surface area contributed by atoms with Crippen LogP contribution < -0.4 is 15.9 Å². The van der Waals surface area contributed by atoms with Crippen molar-refractivity contribution in [1.29, 1.82) is 0 Å². The molecule has 2 amide bonds. The van der Waals surface area contributed by atoms with Crippen molar-refractivity contribution in [3.05, 3.63) is 63.7 Å². The number of hydrogen-bond acceptors (Lipinski definition) is 4. The van der Waals surface area contributed by atoms with Crippen molar-refractivity contribution < 1.29 is 9.59 Å². The number of likely N-dealkylation sites (N-methyl/N-ethyl adjacent to an activating group) is 1. The van der Waals surface area contributed by atoms with Gasteiger partial charge in [-0.3, -0.25) is 14.5 Å². The lowest BCUT2D eigenvalue weighted by Gasteiger charge is -2.17. The molecule has 30 heavy (non-hydrogen) atoms. The monoisotopic (exact) mass is 398 g/mol. The number of fused-ring (bicyclic) bond motifs is 9. The number of carbonyl (C=O) groups is 2. The third-order valence-corrected chi connectivity index (χ3v) is 6.41. The van der Waals surface area contributed by atoms with Crippen LogP contribution in [0.4, 0.5) is 5.69 Å². The van der Waals surface area contributed by atoms with E-state index in [0.717, 1.165) is 44.7 Å². The van der Waals surface area contributed by atoms with E-state index in [9.17, 15) is 9.59 Å². The number of allylic oxidation sites excluding steroid dienone is 4. The van der Waals surface area contributed by atoms with E-state index in [1.807, 2.05) is 49.4 Å². The first-order valence-corrected chi connectivity index (χ1v) is 10.3. The number of imide groups is 1. The summed E-state index contributed by atoms with van der Waals surface area (Å²) in [5.74, 6) is -0.362. The largest absolute Gasteiger partial charge is 0.372 e. The van der Waals surface area contributed by atoms with Gasteiger partial charge in [0.25, 0.3) is 11.8 Å². The van der Waals surface area contributed by atoms with Crippen LogP contribution in [0.1, 0.15) is 26.3 Å². The van der Waals surface area contributed by atoms with Crippen molar-refractivity contribution in [2.75, 3.05) is 32.5 Å². The molecular weight excluding hydrogens is 376 g/mol. The highest BCUT2D eigenvalue weighted by atomic mass is 16.2. The Balaban J connectivity index is 1.71. The van der Waals surface area contributed by atoms with Gasteiger partial charge >= 0.3 is 0 Å². The van der Waals surface area contributed by atoms with Crippen LogP contribution in [-0.4, -0.2) is 59.8 Å². The molecule has 0 spiro atoms. The molecule has 1 aromatic heterocycles. The van der Waals surface area contributed by atoms with Crippen molar-refractivity contribution in [1.82, 2.24) is 14.8 Å². The van der Waals surface area contributed by atoms with Crippen LogP contribution in [0.5, 0.6) is 0 Å². The Morgan fingerprint density at radius 1 is 1.13 bits per heavy atom. The standard InChI is InChI=1S/C24H22N4O2/c1-27(2)11-12-28-23(29)19-17-13-7-3-5-9-15(13)25-21(17)22-18(20(19)24(28)30)14-8-4-6-10-16(14)26-22/h3-7,9-10,15,25-26H,8,11-12H2,1-2H3. The Morgan fingerprint density at radius 3 is 2.80 bits per heavy atom. The van der Waals surface area contributed by atoms with E-state index < -0.39 is 0 Å². The normalized spacial score (nSPS) is 20.6. The van der Waals surface area contributed by atoms with Gasteiger partial charge in [-0.25, -0.2) is 0 Å². The molecule has 3 heterocycles. The summed E-state index contributed by atoms with van der Waals surface area (Å²) in [6, 6.07) is 0.0147. The lowest BCUT2D eigenvalue weighted by atomic mass is 9.94. The fourth-order valence-corrected chi connectivity index (χ4v) is 5.01. The zero-order valence-corrected chi connectivity index (χ0v) is 17.0. The molecule has 1 unspecified atom stereocenters.